The molecule has 55 heavy (non-hydrogen) atoms. The highest BCUT2D eigenvalue weighted by Gasteiger charge is 2.45. The molecule has 2 fully saturated rings. The van der Waals surface area contributed by atoms with Gasteiger partial charge in [0.05, 0.1) is 35.6 Å². The van der Waals surface area contributed by atoms with Gasteiger partial charge in [-0.05, 0) is 68.0 Å². The molecule has 2 saturated heterocycles. The molecule has 0 bridgehead atoms. The summed E-state index contributed by atoms with van der Waals surface area (Å²) in [5.41, 5.74) is 4.22. The predicted octanol–water partition coefficient (Wildman–Crippen LogP) is 3.81. The number of imide groups is 2. The van der Waals surface area contributed by atoms with Gasteiger partial charge in [-0.3, -0.25) is 38.9 Å². The number of benzene rings is 2. The van der Waals surface area contributed by atoms with Crippen molar-refractivity contribution in [3.8, 4) is 16.9 Å². The summed E-state index contributed by atoms with van der Waals surface area (Å²) in [6, 6.07) is 6.76. The second kappa shape index (κ2) is 13.5. The number of hydrogen-bond donors (Lipinski definition) is 1. The van der Waals surface area contributed by atoms with Gasteiger partial charge in [0.2, 0.25) is 17.7 Å². The van der Waals surface area contributed by atoms with E-state index in [4.69, 9.17) is 9.84 Å². The molecule has 15 nitrogen and oxygen atoms in total. The van der Waals surface area contributed by atoms with Gasteiger partial charge >= 0.3 is 0 Å². The fourth-order valence-electron chi connectivity index (χ4n) is 8.53. The van der Waals surface area contributed by atoms with Crippen molar-refractivity contribution in [3.05, 3.63) is 70.0 Å². The lowest BCUT2D eigenvalue weighted by atomic mass is 9.93. The fraction of sp³-hybridized carbons (Fsp3) is 0.421. The molecule has 2 aromatic carbocycles. The van der Waals surface area contributed by atoms with E-state index in [9.17, 15) is 24.0 Å². The third kappa shape index (κ3) is 5.88. The highest BCUT2D eigenvalue weighted by molar-refractivity contribution is 6.23. The molecule has 1 N–H and O–H groups in total. The van der Waals surface area contributed by atoms with Crippen LogP contribution in [-0.2, 0) is 38.5 Å². The second-order valence-corrected chi connectivity index (χ2v) is 14.6. The Hall–Kier alpha value is -5.84. The van der Waals surface area contributed by atoms with E-state index in [1.54, 1.807) is 24.0 Å². The summed E-state index contributed by atoms with van der Waals surface area (Å²) in [7, 11) is 0. The Kier molecular flexibility index (Phi) is 8.55. The molecule has 7 heterocycles. The number of aromatic nitrogens is 5. The number of fused-ring (bicyclic) bond motifs is 3. The summed E-state index contributed by atoms with van der Waals surface area (Å²) in [5.74, 6) is -1.83. The second-order valence-electron chi connectivity index (χ2n) is 14.6. The van der Waals surface area contributed by atoms with Crippen molar-refractivity contribution in [1.82, 2.24) is 39.9 Å². The van der Waals surface area contributed by atoms with E-state index in [1.165, 1.54) is 29.1 Å². The number of carbonyl (C=O) groups is 5. The number of piperidine rings is 1. The predicted molar refractivity (Wildman–Crippen MR) is 190 cm³/mol. The van der Waals surface area contributed by atoms with Crippen LogP contribution in [0.15, 0.2) is 36.5 Å². The van der Waals surface area contributed by atoms with Gasteiger partial charge in [-0.2, -0.15) is 5.10 Å². The van der Waals surface area contributed by atoms with Crippen LogP contribution >= 0.6 is 0 Å². The first-order valence-corrected chi connectivity index (χ1v) is 18.5. The topological polar surface area (TPSA) is 165 Å². The Morgan fingerprint density at radius 2 is 1.75 bits per heavy atom. The summed E-state index contributed by atoms with van der Waals surface area (Å²) in [6.45, 7) is 4.39. The van der Waals surface area contributed by atoms with E-state index in [-0.39, 0.29) is 52.7 Å². The summed E-state index contributed by atoms with van der Waals surface area (Å²) in [4.78, 5) is 67.9. The number of amides is 5. The number of nitrogens with zero attached hydrogens (tertiary/aromatic N) is 8. The van der Waals surface area contributed by atoms with Crippen molar-refractivity contribution in [1.29, 1.82) is 0 Å². The van der Waals surface area contributed by atoms with Crippen molar-refractivity contribution in [2.24, 2.45) is 0 Å². The van der Waals surface area contributed by atoms with Crippen molar-refractivity contribution in [2.45, 2.75) is 76.9 Å². The smallest absolute Gasteiger partial charge is 0.264 e. The van der Waals surface area contributed by atoms with Gasteiger partial charge in [0.1, 0.15) is 11.7 Å². The van der Waals surface area contributed by atoms with Gasteiger partial charge in [0, 0.05) is 74.1 Å². The Bertz CT molecular complexity index is 2300. The Morgan fingerprint density at radius 1 is 0.945 bits per heavy atom. The number of rotatable bonds is 6. The third-order valence-electron chi connectivity index (χ3n) is 11.4. The largest absolute Gasteiger partial charge is 0.381 e. The van der Waals surface area contributed by atoms with E-state index in [1.807, 2.05) is 4.90 Å². The van der Waals surface area contributed by atoms with Gasteiger partial charge in [-0.1, -0.05) is 5.21 Å². The van der Waals surface area contributed by atoms with E-state index in [0.717, 1.165) is 41.0 Å². The minimum absolute atomic E-state index is 0.000962. The quantitative estimate of drug-likeness (QED) is 0.287. The molecule has 284 valence electrons. The van der Waals surface area contributed by atoms with Crippen molar-refractivity contribution >= 4 is 41.0 Å². The monoisotopic (exact) mass is 753 g/mol. The van der Waals surface area contributed by atoms with Crippen molar-refractivity contribution in [2.75, 3.05) is 31.2 Å². The van der Waals surface area contributed by atoms with Gasteiger partial charge in [-0.15, -0.1) is 5.10 Å². The molecule has 5 aliphatic heterocycles. The zero-order valence-electron chi connectivity index (χ0n) is 30.0. The third-order valence-corrected chi connectivity index (χ3v) is 11.4. The summed E-state index contributed by atoms with van der Waals surface area (Å²) >= 11 is 0. The molecule has 0 saturated carbocycles. The number of anilines is 2. The van der Waals surface area contributed by atoms with E-state index >= 15 is 8.78 Å². The Balaban J connectivity index is 1.05. The van der Waals surface area contributed by atoms with Crippen LogP contribution in [0, 0.1) is 0 Å². The van der Waals surface area contributed by atoms with Crippen LogP contribution in [0.4, 0.5) is 20.3 Å². The zero-order valence-corrected chi connectivity index (χ0v) is 30.0. The average Bonchev–Trinajstić information content (AvgIpc) is 3.89. The average molecular weight is 754 g/mol. The Morgan fingerprint density at radius 3 is 2.51 bits per heavy atom. The lowest BCUT2D eigenvalue weighted by Gasteiger charge is -2.33. The number of aryl methyl sites for hydroxylation is 1. The minimum Gasteiger partial charge on any atom is -0.381 e. The van der Waals surface area contributed by atoms with E-state index in [2.05, 4.69) is 20.3 Å². The first-order valence-electron chi connectivity index (χ1n) is 18.5. The van der Waals surface area contributed by atoms with Gasteiger partial charge < -0.3 is 14.5 Å². The van der Waals surface area contributed by atoms with Crippen molar-refractivity contribution in [3.63, 3.8) is 0 Å². The van der Waals surface area contributed by atoms with Crippen LogP contribution in [-0.4, -0.2) is 96.5 Å². The first kappa shape index (κ1) is 34.9. The van der Waals surface area contributed by atoms with E-state index < -0.39 is 36.1 Å². The molecule has 0 aliphatic carbocycles. The maximum Gasteiger partial charge on any atom is 0.264 e. The maximum absolute atomic E-state index is 15.0. The van der Waals surface area contributed by atoms with Gasteiger partial charge in [-0.25, -0.2) is 13.5 Å². The SMILES string of the molecule is CC(=O)N1CCc2c(c(N3CCCc4cc(-c5cn(-c6ccc7c(c6)C(=O)N(C6CCC(=O)NC6=O)C7=O)nn5)c(C(F)F)cc43)nn2C2CCOCC2)C1. The van der Waals surface area contributed by atoms with Gasteiger partial charge in [0.15, 0.2) is 5.82 Å². The number of halogens is 2. The maximum atomic E-state index is 15.0. The number of alkyl halides is 2. The van der Waals surface area contributed by atoms with Crippen LogP contribution in [0.3, 0.4) is 0 Å². The highest BCUT2D eigenvalue weighted by atomic mass is 19.3. The summed E-state index contributed by atoms with van der Waals surface area (Å²) < 4.78 is 39.1. The Labute approximate surface area is 313 Å². The molecule has 1 unspecified atom stereocenters. The number of carbonyl (C=O) groups excluding carboxylic acids is 5. The van der Waals surface area contributed by atoms with Crippen LogP contribution in [0.1, 0.15) is 94.6 Å². The zero-order chi connectivity index (χ0) is 38.1. The standard InChI is InChI=1S/C38H37F2N9O6/c1-20(50)45-12-8-30-28(18-45)35(43-49(30)22-9-13-55-14-10-22)46-11-2-3-21-15-25(26(34(39)40)17-32(21)46)29-19-47(44-42-29)23-4-5-24-27(16-23)38(54)48(37(24)53)31-6-7-33(51)41-36(31)52/h4-5,15-17,19,22,31,34H,2-3,6-14,18H2,1H3,(H,41,51,52). The fourth-order valence-corrected chi connectivity index (χ4v) is 8.53. The number of hydrogen-bond acceptors (Lipinski definition) is 10. The molecule has 4 aromatic rings. The molecule has 5 aliphatic rings. The van der Waals surface area contributed by atoms with Crippen LogP contribution in [0.25, 0.3) is 16.9 Å². The molecule has 0 radical (unpaired) electrons. The summed E-state index contributed by atoms with van der Waals surface area (Å²) in [5, 5.41) is 15.8. The van der Waals surface area contributed by atoms with Crippen LogP contribution in [0.2, 0.25) is 0 Å². The lowest BCUT2D eigenvalue weighted by Crippen LogP contribution is -2.54. The lowest BCUT2D eigenvalue weighted by molar-refractivity contribution is -0.136. The number of nitrogens with one attached hydrogen (secondary N) is 1. The number of ether oxygens (including phenoxy) is 1. The highest BCUT2D eigenvalue weighted by Crippen LogP contribution is 2.43. The molecular weight excluding hydrogens is 716 g/mol. The summed E-state index contributed by atoms with van der Waals surface area (Å²) in [6.07, 6.45) is 2.37. The molecular formula is C38H37F2N9O6. The minimum atomic E-state index is -2.85. The molecule has 1 atom stereocenters. The van der Waals surface area contributed by atoms with E-state index in [0.29, 0.717) is 62.9 Å². The van der Waals surface area contributed by atoms with Crippen LogP contribution < -0.4 is 10.2 Å². The normalized spacial score (nSPS) is 20.2. The molecule has 2 aromatic heterocycles. The molecule has 0 spiro atoms. The molecule has 17 heteroatoms. The first-order chi connectivity index (χ1) is 26.6. The molecule has 5 amide bonds. The van der Waals surface area contributed by atoms with Gasteiger partial charge in [0.25, 0.3) is 18.2 Å². The van der Waals surface area contributed by atoms with Crippen molar-refractivity contribution < 1.29 is 37.5 Å². The van der Waals surface area contributed by atoms with Crippen LogP contribution in [0.5, 0.6) is 0 Å². The molecule has 9 rings (SSSR count).